The van der Waals surface area contributed by atoms with Crippen molar-refractivity contribution in [3.05, 3.63) is 0 Å². The first-order chi connectivity index (χ1) is 7.84. The van der Waals surface area contributed by atoms with Gasteiger partial charge in [0.05, 0.1) is 6.17 Å². The first kappa shape index (κ1) is 11.7. The number of carbonyl (C=O) groups excluding carboxylic acids is 1. The highest BCUT2D eigenvalue weighted by Gasteiger charge is 2.17. The minimum absolute atomic E-state index is 0.0371. The second-order valence-electron chi connectivity index (χ2n) is 4.72. The van der Waals surface area contributed by atoms with Gasteiger partial charge in [-0.05, 0) is 51.2 Å². The van der Waals surface area contributed by atoms with Crippen molar-refractivity contribution in [3.63, 3.8) is 0 Å². The van der Waals surface area contributed by atoms with E-state index in [9.17, 15) is 4.79 Å². The van der Waals surface area contributed by atoms with Gasteiger partial charge in [0, 0.05) is 6.54 Å². The number of urea groups is 1. The summed E-state index contributed by atoms with van der Waals surface area (Å²) in [6, 6.07) is -0.0371. The molecule has 2 atom stereocenters. The zero-order chi connectivity index (χ0) is 11.2. The van der Waals surface area contributed by atoms with Gasteiger partial charge in [0.25, 0.3) is 0 Å². The molecule has 2 amide bonds. The summed E-state index contributed by atoms with van der Waals surface area (Å²) < 4.78 is 0. The third-order valence-electron chi connectivity index (χ3n) is 3.32. The van der Waals surface area contributed by atoms with Crippen molar-refractivity contribution in [1.82, 2.24) is 21.3 Å². The van der Waals surface area contributed by atoms with Crippen LogP contribution in [-0.2, 0) is 0 Å². The Morgan fingerprint density at radius 2 is 2.12 bits per heavy atom. The van der Waals surface area contributed by atoms with Gasteiger partial charge in [0.2, 0.25) is 0 Å². The summed E-state index contributed by atoms with van der Waals surface area (Å²) in [5, 5.41) is 12.5. The molecule has 2 aliphatic heterocycles. The van der Waals surface area contributed by atoms with Crippen LogP contribution in [0.2, 0.25) is 0 Å². The van der Waals surface area contributed by atoms with Crippen molar-refractivity contribution in [1.29, 1.82) is 0 Å². The van der Waals surface area contributed by atoms with Gasteiger partial charge in [-0.2, -0.15) is 0 Å². The van der Waals surface area contributed by atoms with Crippen LogP contribution in [0.5, 0.6) is 0 Å². The lowest BCUT2D eigenvalue weighted by molar-refractivity contribution is 0.232. The third-order valence-corrected chi connectivity index (χ3v) is 3.32. The van der Waals surface area contributed by atoms with Crippen LogP contribution in [-0.4, -0.2) is 38.4 Å². The minimum atomic E-state index is -0.0371. The summed E-state index contributed by atoms with van der Waals surface area (Å²) in [4.78, 5) is 11.6. The maximum Gasteiger partial charge on any atom is 0.316 e. The Bertz CT molecular complexity index is 222. The Kier molecular flexibility index (Phi) is 4.42. The van der Waals surface area contributed by atoms with Crippen LogP contribution in [0.25, 0.3) is 0 Å². The van der Waals surface area contributed by atoms with Crippen LogP contribution in [0.1, 0.15) is 25.7 Å². The maximum absolute atomic E-state index is 11.6. The zero-order valence-electron chi connectivity index (χ0n) is 9.72. The molecule has 2 heterocycles. The Hall–Kier alpha value is -0.810. The molecule has 0 aromatic heterocycles. The summed E-state index contributed by atoms with van der Waals surface area (Å²) in [5.74, 6) is 0.594. The molecule has 0 radical (unpaired) electrons. The third kappa shape index (κ3) is 3.64. The fourth-order valence-corrected chi connectivity index (χ4v) is 2.35. The lowest BCUT2D eigenvalue weighted by Crippen LogP contribution is -2.48. The zero-order valence-corrected chi connectivity index (χ0v) is 9.72. The number of piperidine rings is 1. The molecule has 0 saturated carbocycles. The van der Waals surface area contributed by atoms with Crippen LogP contribution in [0.15, 0.2) is 0 Å². The minimum Gasteiger partial charge on any atom is -0.338 e. The van der Waals surface area contributed by atoms with E-state index in [-0.39, 0.29) is 12.2 Å². The standard InChI is InChI=1S/C11H22N4O/c16-11(15-10-4-2-6-13-10)14-8-9-3-1-5-12-7-9/h9-10,12-13H,1-8H2,(H2,14,15,16). The van der Waals surface area contributed by atoms with E-state index in [1.807, 2.05) is 0 Å². The molecule has 5 nitrogen and oxygen atoms in total. The van der Waals surface area contributed by atoms with Gasteiger partial charge >= 0.3 is 6.03 Å². The van der Waals surface area contributed by atoms with Crippen LogP contribution >= 0.6 is 0 Å². The predicted molar refractivity (Wildman–Crippen MR) is 63.2 cm³/mol. The first-order valence-electron chi connectivity index (χ1n) is 6.33. The number of rotatable bonds is 3. The van der Waals surface area contributed by atoms with Gasteiger partial charge in [-0.1, -0.05) is 0 Å². The Labute approximate surface area is 96.7 Å². The van der Waals surface area contributed by atoms with Crippen molar-refractivity contribution >= 4 is 6.03 Å². The predicted octanol–water partition coefficient (Wildman–Crippen LogP) is -0.00530. The van der Waals surface area contributed by atoms with Crippen molar-refractivity contribution in [2.75, 3.05) is 26.2 Å². The fraction of sp³-hybridized carbons (Fsp3) is 0.909. The monoisotopic (exact) mass is 226 g/mol. The number of amides is 2. The average molecular weight is 226 g/mol. The summed E-state index contributed by atoms with van der Waals surface area (Å²) in [7, 11) is 0. The van der Waals surface area contributed by atoms with E-state index >= 15 is 0 Å². The highest BCUT2D eigenvalue weighted by Crippen LogP contribution is 2.08. The molecule has 4 N–H and O–H groups in total. The summed E-state index contributed by atoms with van der Waals surface area (Å²) in [6.07, 6.45) is 4.80. The van der Waals surface area contributed by atoms with Crippen molar-refractivity contribution in [2.24, 2.45) is 5.92 Å². The molecule has 16 heavy (non-hydrogen) atoms. The Balaban J connectivity index is 1.59. The van der Waals surface area contributed by atoms with E-state index in [4.69, 9.17) is 0 Å². The molecule has 0 bridgehead atoms. The number of carbonyl (C=O) groups is 1. The highest BCUT2D eigenvalue weighted by molar-refractivity contribution is 5.74. The van der Waals surface area contributed by atoms with Gasteiger partial charge in [-0.25, -0.2) is 4.79 Å². The number of hydrogen-bond acceptors (Lipinski definition) is 3. The molecule has 5 heteroatoms. The topological polar surface area (TPSA) is 65.2 Å². The lowest BCUT2D eigenvalue weighted by atomic mass is 10.00. The number of hydrogen-bond donors (Lipinski definition) is 4. The van der Waals surface area contributed by atoms with E-state index in [0.29, 0.717) is 5.92 Å². The fourth-order valence-electron chi connectivity index (χ4n) is 2.35. The second kappa shape index (κ2) is 6.06. The van der Waals surface area contributed by atoms with Crippen molar-refractivity contribution < 1.29 is 4.79 Å². The van der Waals surface area contributed by atoms with Crippen molar-refractivity contribution in [3.8, 4) is 0 Å². The van der Waals surface area contributed by atoms with Gasteiger partial charge in [0.1, 0.15) is 0 Å². The molecule has 0 aromatic rings. The summed E-state index contributed by atoms with van der Waals surface area (Å²) in [5.41, 5.74) is 0. The van der Waals surface area contributed by atoms with E-state index < -0.39 is 0 Å². The average Bonchev–Trinajstić information content (AvgIpc) is 2.81. The molecule has 2 saturated heterocycles. The molecule has 0 spiro atoms. The van der Waals surface area contributed by atoms with Gasteiger partial charge in [-0.3, -0.25) is 5.32 Å². The SMILES string of the molecule is O=C(NCC1CCCNC1)NC1CCCN1. The molecule has 2 fully saturated rings. The van der Waals surface area contributed by atoms with Crippen LogP contribution in [0.3, 0.4) is 0 Å². The molecule has 2 unspecified atom stereocenters. The van der Waals surface area contributed by atoms with E-state index in [2.05, 4.69) is 21.3 Å². The second-order valence-corrected chi connectivity index (χ2v) is 4.72. The molecule has 2 rings (SSSR count). The van der Waals surface area contributed by atoms with E-state index in [1.165, 1.54) is 12.8 Å². The Morgan fingerprint density at radius 1 is 1.25 bits per heavy atom. The summed E-state index contributed by atoms with van der Waals surface area (Å²) >= 11 is 0. The van der Waals surface area contributed by atoms with E-state index in [1.54, 1.807) is 0 Å². The molecular weight excluding hydrogens is 204 g/mol. The largest absolute Gasteiger partial charge is 0.338 e. The van der Waals surface area contributed by atoms with Gasteiger partial charge < -0.3 is 16.0 Å². The van der Waals surface area contributed by atoms with Crippen LogP contribution < -0.4 is 21.3 Å². The smallest absolute Gasteiger partial charge is 0.316 e. The summed E-state index contributed by atoms with van der Waals surface area (Å²) in [6.45, 7) is 3.94. The van der Waals surface area contributed by atoms with Gasteiger partial charge in [-0.15, -0.1) is 0 Å². The quantitative estimate of drug-likeness (QED) is 0.547. The normalized spacial score (nSPS) is 30.0. The molecule has 92 valence electrons. The van der Waals surface area contributed by atoms with E-state index in [0.717, 1.165) is 39.0 Å². The molecule has 0 aromatic carbocycles. The van der Waals surface area contributed by atoms with Crippen LogP contribution in [0.4, 0.5) is 4.79 Å². The molecule has 2 aliphatic rings. The molecule has 0 aliphatic carbocycles. The van der Waals surface area contributed by atoms with Crippen molar-refractivity contribution in [2.45, 2.75) is 31.8 Å². The first-order valence-corrected chi connectivity index (χ1v) is 6.33. The molecular formula is C11H22N4O. The Morgan fingerprint density at radius 3 is 2.81 bits per heavy atom. The maximum atomic E-state index is 11.6. The highest BCUT2D eigenvalue weighted by atomic mass is 16.2. The lowest BCUT2D eigenvalue weighted by Gasteiger charge is -2.23. The van der Waals surface area contributed by atoms with Crippen LogP contribution in [0, 0.1) is 5.92 Å². The van der Waals surface area contributed by atoms with Gasteiger partial charge in [0.15, 0.2) is 0 Å². The number of nitrogens with one attached hydrogen (secondary N) is 4.